The molecule has 0 saturated heterocycles. The van der Waals surface area contributed by atoms with Crippen molar-refractivity contribution in [3.63, 3.8) is 0 Å². The Hall–Kier alpha value is -0.890. The number of nitrogens with zero attached hydrogens (tertiary/aromatic N) is 1. The molecule has 0 fully saturated rings. The second kappa shape index (κ2) is 7.44. The third-order valence-corrected chi connectivity index (χ3v) is 3.14. The zero-order valence-corrected chi connectivity index (χ0v) is 11.6. The first-order valence-corrected chi connectivity index (χ1v) is 6.79. The second-order valence-electron chi connectivity index (χ2n) is 5.23. The lowest BCUT2D eigenvalue weighted by Crippen LogP contribution is -2.35. The minimum Gasteiger partial charge on any atom is -0.313 e. The standard InChI is InChI=1S/C15H26N2/c1-5-9-16-15(11-12(2)3)13(4)14-8-6-7-10-17-14/h6-8,10,12-13,15-16H,5,9,11H2,1-4H3. The number of hydrogen-bond donors (Lipinski definition) is 1. The first-order chi connectivity index (χ1) is 8.15. The fourth-order valence-electron chi connectivity index (χ4n) is 2.15. The quantitative estimate of drug-likeness (QED) is 0.779. The van der Waals surface area contributed by atoms with Gasteiger partial charge in [0.2, 0.25) is 0 Å². The van der Waals surface area contributed by atoms with E-state index in [2.05, 4.69) is 50.1 Å². The molecule has 0 aliphatic rings. The Kier molecular flexibility index (Phi) is 6.20. The van der Waals surface area contributed by atoms with Crippen LogP contribution in [0.2, 0.25) is 0 Å². The molecule has 0 radical (unpaired) electrons. The first-order valence-electron chi connectivity index (χ1n) is 6.79. The Morgan fingerprint density at radius 2 is 2.00 bits per heavy atom. The number of aromatic nitrogens is 1. The summed E-state index contributed by atoms with van der Waals surface area (Å²) >= 11 is 0. The van der Waals surface area contributed by atoms with Crippen molar-refractivity contribution in [1.29, 1.82) is 0 Å². The van der Waals surface area contributed by atoms with Crippen LogP contribution in [0.3, 0.4) is 0 Å². The first kappa shape index (κ1) is 14.2. The van der Waals surface area contributed by atoms with Crippen LogP contribution < -0.4 is 5.32 Å². The number of pyridine rings is 1. The average Bonchev–Trinajstić information content (AvgIpc) is 2.34. The lowest BCUT2D eigenvalue weighted by Gasteiger charge is -2.26. The molecule has 0 aliphatic heterocycles. The molecule has 0 bridgehead atoms. The molecule has 1 aromatic heterocycles. The zero-order valence-electron chi connectivity index (χ0n) is 11.6. The van der Waals surface area contributed by atoms with Gasteiger partial charge in [-0.25, -0.2) is 0 Å². The van der Waals surface area contributed by atoms with E-state index in [1.807, 2.05) is 12.3 Å². The van der Waals surface area contributed by atoms with Crippen LogP contribution in [0.5, 0.6) is 0 Å². The largest absolute Gasteiger partial charge is 0.313 e. The molecule has 96 valence electrons. The summed E-state index contributed by atoms with van der Waals surface area (Å²) in [4.78, 5) is 4.47. The smallest absolute Gasteiger partial charge is 0.0447 e. The maximum atomic E-state index is 4.47. The molecular weight excluding hydrogens is 208 g/mol. The van der Waals surface area contributed by atoms with Gasteiger partial charge in [-0.05, 0) is 37.4 Å². The van der Waals surface area contributed by atoms with E-state index in [0.29, 0.717) is 12.0 Å². The predicted molar refractivity (Wildman–Crippen MR) is 74.2 cm³/mol. The van der Waals surface area contributed by atoms with Crippen LogP contribution in [0.1, 0.15) is 52.1 Å². The van der Waals surface area contributed by atoms with Gasteiger partial charge in [0.15, 0.2) is 0 Å². The maximum absolute atomic E-state index is 4.47. The highest BCUT2D eigenvalue weighted by Crippen LogP contribution is 2.21. The molecule has 0 saturated carbocycles. The summed E-state index contributed by atoms with van der Waals surface area (Å²) in [6.07, 6.45) is 4.28. The minimum absolute atomic E-state index is 0.477. The highest BCUT2D eigenvalue weighted by Gasteiger charge is 2.20. The highest BCUT2D eigenvalue weighted by atomic mass is 14.9. The van der Waals surface area contributed by atoms with Gasteiger partial charge in [-0.2, -0.15) is 0 Å². The van der Waals surface area contributed by atoms with E-state index in [1.165, 1.54) is 18.5 Å². The van der Waals surface area contributed by atoms with Crippen LogP contribution in [0.4, 0.5) is 0 Å². The minimum atomic E-state index is 0.477. The van der Waals surface area contributed by atoms with Gasteiger partial charge in [0.25, 0.3) is 0 Å². The van der Waals surface area contributed by atoms with Gasteiger partial charge in [-0.3, -0.25) is 4.98 Å². The molecule has 0 spiro atoms. The van der Waals surface area contributed by atoms with Crippen molar-refractivity contribution in [3.8, 4) is 0 Å². The van der Waals surface area contributed by atoms with Gasteiger partial charge < -0.3 is 5.32 Å². The summed E-state index contributed by atoms with van der Waals surface area (Å²) in [6.45, 7) is 10.1. The van der Waals surface area contributed by atoms with Crippen molar-refractivity contribution in [1.82, 2.24) is 10.3 Å². The SMILES string of the molecule is CCCNC(CC(C)C)C(C)c1ccccn1. The summed E-state index contributed by atoms with van der Waals surface area (Å²) in [5, 5.41) is 3.66. The molecule has 1 rings (SSSR count). The van der Waals surface area contributed by atoms with E-state index >= 15 is 0 Å². The molecule has 1 N–H and O–H groups in total. The predicted octanol–water partition coefficient (Wildman–Crippen LogP) is 3.60. The third-order valence-electron chi connectivity index (χ3n) is 3.14. The van der Waals surface area contributed by atoms with E-state index in [0.717, 1.165) is 12.5 Å². The highest BCUT2D eigenvalue weighted by molar-refractivity contribution is 5.11. The van der Waals surface area contributed by atoms with Crippen LogP contribution in [0, 0.1) is 5.92 Å². The number of nitrogens with one attached hydrogen (secondary N) is 1. The molecule has 1 aromatic rings. The van der Waals surface area contributed by atoms with Crippen LogP contribution >= 0.6 is 0 Å². The summed E-state index contributed by atoms with van der Waals surface area (Å²) in [5.74, 6) is 1.20. The fourth-order valence-corrected chi connectivity index (χ4v) is 2.15. The van der Waals surface area contributed by atoms with Crippen molar-refractivity contribution in [2.45, 2.75) is 52.5 Å². The Labute approximate surface area is 106 Å². The fraction of sp³-hybridized carbons (Fsp3) is 0.667. The molecule has 0 aliphatic carbocycles. The van der Waals surface area contributed by atoms with Gasteiger partial charge in [0.05, 0.1) is 0 Å². The Morgan fingerprint density at radius 1 is 1.24 bits per heavy atom. The van der Waals surface area contributed by atoms with Crippen molar-refractivity contribution < 1.29 is 0 Å². The molecule has 2 heteroatoms. The maximum Gasteiger partial charge on any atom is 0.0447 e. The van der Waals surface area contributed by atoms with Crippen molar-refractivity contribution >= 4 is 0 Å². The van der Waals surface area contributed by atoms with Crippen LogP contribution in [0.15, 0.2) is 24.4 Å². The summed E-state index contributed by atoms with van der Waals surface area (Å²) < 4.78 is 0. The molecule has 1 heterocycles. The van der Waals surface area contributed by atoms with E-state index in [1.54, 1.807) is 0 Å². The van der Waals surface area contributed by atoms with Crippen molar-refractivity contribution in [3.05, 3.63) is 30.1 Å². The van der Waals surface area contributed by atoms with E-state index in [9.17, 15) is 0 Å². The molecule has 0 aromatic carbocycles. The van der Waals surface area contributed by atoms with Crippen LogP contribution in [0.25, 0.3) is 0 Å². The molecule has 2 unspecified atom stereocenters. The van der Waals surface area contributed by atoms with Crippen LogP contribution in [-0.2, 0) is 0 Å². The zero-order chi connectivity index (χ0) is 12.7. The van der Waals surface area contributed by atoms with Gasteiger partial charge in [-0.1, -0.05) is 33.8 Å². The molecule has 2 nitrogen and oxygen atoms in total. The molecule has 0 amide bonds. The Balaban J connectivity index is 2.68. The van der Waals surface area contributed by atoms with Crippen molar-refractivity contribution in [2.75, 3.05) is 6.54 Å². The van der Waals surface area contributed by atoms with Gasteiger partial charge in [0.1, 0.15) is 0 Å². The average molecular weight is 234 g/mol. The second-order valence-corrected chi connectivity index (χ2v) is 5.23. The van der Waals surface area contributed by atoms with Gasteiger partial charge in [-0.15, -0.1) is 0 Å². The monoisotopic (exact) mass is 234 g/mol. The lowest BCUT2D eigenvalue weighted by molar-refractivity contribution is 0.372. The molecular formula is C15H26N2. The van der Waals surface area contributed by atoms with E-state index < -0.39 is 0 Å². The summed E-state index contributed by atoms with van der Waals surface area (Å²) in [5.41, 5.74) is 1.20. The Morgan fingerprint density at radius 3 is 2.53 bits per heavy atom. The molecule has 17 heavy (non-hydrogen) atoms. The number of rotatable bonds is 7. The lowest BCUT2D eigenvalue weighted by atomic mass is 9.90. The molecule has 2 atom stereocenters. The van der Waals surface area contributed by atoms with Gasteiger partial charge >= 0.3 is 0 Å². The third kappa shape index (κ3) is 4.86. The Bertz CT molecular complexity index is 295. The van der Waals surface area contributed by atoms with Crippen molar-refractivity contribution in [2.24, 2.45) is 5.92 Å². The van der Waals surface area contributed by atoms with Crippen LogP contribution in [-0.4, -0.2) is 17.6 Å². The summed E-state index contributed by atoms with van der Waals surface area (Å²) in [6, 6.07) is 6.72. The normalized spacial score (nSPS) is 14.9. The van der Waals surface area contributed by atoms with E-state index in [-0.39, 0.29) is 0 Å². The number of hydrogen-bond acceptors (Lipinski definition) is 2. The van der Waals surface area contributed by atoms with E-state index in [4.69, 9.17) is 0 Å². The topological polar surface area (TPSA) is 24.9 Å². The summed E-state index contributed by atoms with van der Waals surface area (Å²) in [7, 11) is 0. The van der Waals surface area contributed by atoms with Gasteiger partial charge in [0, 0.05) is 23.9 Å².